The normalized spacial score (nSPS) is 20.8. The first kappa shape index (κ1) is 49.0. The van der Waals surface area contributed by atoms with Gasteiger partial charge in [-0.25, -0.2) is 14.3 Å². The Balaban J connectivity index is 0.752. The first-order valence-corrected chi connectivity index (χ1v) is 28.1. The van der Waals surface area contributed by atoms with Crippen LogP contribution in [-0.4, -0.2) is 103 Å². The van der Waals surface area contributed by atoms with E-state index in [-0.39, 0.29) is 35.8 Å². The van der Waals surface area contributed by atoms with E-state index in [1.165, 1.54) is 28.1 Å². The summed E-state index contributed by atoms with van der Waals surface area (Å²) in [7, 11) is 0. The van der Waals surface area contributed by atoms with Gasteiger partial charge in [-0.3, -0.25) is 23.9 Å². The van der Waals surface area contributed by atoms with Crippen molar-refractivity contribution in [3.8, 4) is 16.1 Å². The van der Waals surface area contributed by atoms with E-state index in [0.717, 1.165) is 113 Å². The zero-order valence-electron chi connectivity index (χ0n) is 42.5. The van der Waals surface area contributed by atoms with Gasteiger partial charge in [-0.15, -0.1) is 21.5 Å². The molecule has 4 aromatic heterocycles. The second-order valence-electron chi connectivity index (χ2n) is 22.6. The molecule has 5 aliphatic rings. The highest BCUT2D eigenvalue weighted by molar-refractivity contribution is 9.10. The molecule has 0 bridgehead atoms. The van der Waals surface area contributed by atoms with Crippen LogP contribution in [-0.2, 0) is 28.1 Å². The molecule has 3 aromatic carbocycles. The van der Waals surface area contributed by atoms with Gasteiger partial charge in [0.05, 0.1) is 68.2 Å². The van der Waals surface area contributed by atoms with Crippen LogP contribution in [0.4, 0.5) is 0 Å². The molecule has 2 amide bonds. The fourth-order valence-electron chi connectivity index (χ4n) is 12.6. The van der Waals surface area contributed by atoms with Gasteiger partial charge in [0, 0.05) is 42.3 Å². The number of carbonyl (C=O) groups is 2. The highest BCUT2D eigenvalue weighted by Crippen LogP contribution is 2.52. The van der Waals surface area contributed by atoms with Gasteiger partial charge in [-0.05, 0) is 126 Å². The van der Waals surface area contributed by atoms with Gasteiger partial charge in [0.1, 0.15) is 17.9 Å². The van der Waals surface area contributed by atoms with Crippen molar-refractivity contribution in [3.05, 3.63) is 133 Å². The number of benzene rings is 3. The average Bonchev–Trinajstić information content (AvgIpc) is 3.76. The van der Waals surface area contributed by atoms with Crippen molar-refractivity contribution in [1.82, 2.24) is 59.6 Å². The van der Waals surface area contributed by atoms with Gasteiger partial charge >= 0.3 is 0 Å². The van der Waals surface area contributed by atoms with Crippen molar-refractivity contribution in [2.24, 2.45) is 5.41 Å². The van der Waals surface area contributed by atoms with Crippen LogP contribution in [0.15, 0.2) is 87.8 Å². The Kier molecular flexibility index (Phi) is 12.8. The third-order valence-corrected chi connectivity index (χ3v) is 18.2. The van der Waals surface area contributed by atoms with Crippen molar-refractivity contribution in [1.29, 1.82) is 0 Å². The second-order valence-corrected chi connectivity index (χ2v) is 24.3. The van der Waals surface area contributed by atoms with E-state index in [1.807, 2.05) is 69.9 Å². The van der Waals surface area contributed by atoms with Gasteiger partial charge in [0.2, 0.25) is 11.8 Å². The summed E-state index contributed by atoms with van der Waals surface area (Å²) >= 11 is 5.25. The Morgan fingerprint density at radius 1 is 0.946 bits per heavy atom. The number of nitrogens with one attached hydrogen (secondary N) is 1. The molecule has 12 rings (SSSR count). The third kappa shape index (κ3) is 9.02. The predicted octanol–water partition coefficient (Wildman–Crippen LogP) is 8.69. The third-order valence-electron chi connectivity index (χ3n) is 16.5. The molecule has 0 radical (unpaired) electrons. The summed E-state index contributed by atoms with van der Waals surface area (Å²) in [5, 5.41) is 33.0. The molecule has 2 N–H and O–H groups in total. The fraction of sp³-hybridized carbons (Fsp3) is 0.482. The molecule has 384 valence electrons. The number of thiazole rings is 1. The molecule has 4 atom stereocenters. The van der Waals surface area contributed by atoms with E-state index in [9.17, 15) is 19.5 Å². The van der Waals surface area contributed by atoms with Crippen LogP contribution in [0.3, 0.4) is 0 Å². The monoisotopic (exact) mass is 1080 g/mol. The smallest absolute Gasteiger partial charge is 0.281 e. The lowest BCUT2D eigenvalue weighted by atomic mass is 9.69. The van der Waals surface area contributed by atoms with Gasteiger partial charge in [-0.1, -0.05) is 92.9 Å². The second kappa shape index (κ2) is 19.3. The zero-order chi connectivity index (χ0) is 51.0. The Hall–Kier alpha value is -5.95. The van der Waals surface area contributed by atoms with E-state index in [1.54, 1.807) is 20.7 Å². The van der Waals surface area contributed by atoms with Crippen molar-refractivity contribution in [3.63, 3.8) is 0 Å². The minimum absolute atomic E-state index is 0.0458. The molecular formula is C56H63BrN12O4S. The minimum Gasteiger partial charge on any atom is -0.391 e. The topological polar surface area (TPSA) is 182 Å². The molecule has 0 unspecified atom stereocenters. The van der Waals surface area contributed by atoms with E-state index < -0.39 is 29.6 Å². The van der Waals surface area contributed by atoms with Crippen molar-refractivity contribution in [2.45, 2.75) is 146 Å². The van der Waals surface area contributed by atoms with Crippen LogP contribution < -0.4 is 10.9 Å². The number of aliphatic hydroxyl groups is 1. The molecular weight excluding hydrogens is 1020 g/mol. The number of aliphatic hydroxyl groups excluding tert-OH is 1. The number of hydrogen-bond acceptors (Lipinski definition) is 12. The van der Waals surface area contributed by atoms with Crippen molar-refractivity contribution >= 4 is 50.0 Å². The molecule has 7 aromatic rings. The van der Waals surface area contributed by atoms with E-state index in [4.69, 9.17) is 4.98 Å². The molecule has 2 saturated heterocycles. The number of halogens is 1. The molecule has 74 heavy (non-hydrogen) atoms. The number of hydrogen-bond donors (Lipinski definition) is 2. The SMILES string of the molecule is Cc1ncsc1-c1ccc([C@H](Cn2cc(CN3CCC(c4ccc5c(c4)-n4c(nc(=O)c6c(Br)cccc64)C54CCCCC4)CC3)nn2)NC(=O)[C@@H]2C[C@@H](O)CN2C(=O)[C@@H](n2cc(C3CC3)nn2)C(C)(C)C)cc1. The number of nitrogens with zero attached hydrogens (tertiary/aromatic N) is 11. The predicted molar refractivity (Wildman–Crippen MR) is 286 cm³/mol. The number of amides is 2. The molecule has 18 heteroatoms. The van der Waals surface area contributed by atoms with Gasteiger partial charge in [0.15, 0.2) is 0 Å². The summed E-state index contributed by atoms with van der Waals surface area (Å²) in [6, 6.07) is 19.1. The fourth-order valence-corrected chi connectivity index (χ4v) is 13.9. The molecule has 7 heterocycles. The standard InChI is InChI=1S/C56H63BrN12O4S/c1-33-49(74-32-58-33)37-15-13-35(14-16-37)43(59-51(71)47-26-40(70)29-67(47)53(73)50(55(2,3)4)68-31-44(62-64-68)36-11-12-36)30-66-28-39(61-63-66)27-65-23-19-34(20-24-65)38-17-18-41-46(25-38)69-45-10-8-9-42(57)48(45)52(72)60-54(69)56(41)21-6-5-7-22-56/h8-10,13-18,25,28,31-32,34,36,40,43,47,50,70H,5-7,11-12,19-24,26-27,29-30H2,1-4H3,(H,59,71)/t40-,43+,47+,50-/m1/s1. The molecule has 4 fully saturated rings. The summed E-state index contributed by atoms with van der Waals surface area (Å²) in [4.78, 5) is 57.2. The van der Waals surface area contributed by atoms with Crippen LogP contribution in [0.25, 0.3) is 27.0 Å². The minimum atomic E-state index is -0.893. The van der Waals surface area contributed by atoms with Crippen LogP contribution in [0.1, 0.15) is 148 Å². The van der Waals surface area contributed by atoms with E-state index in [0.29, 0.717) is 30.3 Å². The lowest BCUT2D eigenvalue weighted by Crippen LogP contribution is -2.51. The Morgan fingerprint density at radius 3 is 2.46 bits per heavy atom. The molecule has 2 aliphatic carbocycles. The molecule has 2 saturated carbocycles. The number of likely N-dealkylation sites (tertiary alicyclic amines) is 2. The summed E-state index contributed by atoms with van der Waals surface area (Å²) in [6.45, 7) is 10.8. The van der Waals surface area contributed by atoms with Gasteiger partial charge in [0.25, 0.3) is 5.56 Å². The van der Waals surface area contributed by atoms with E-state index in [2.05, 4.69) is 92.7 Å². The van der Waals surface area contributed by atoms with Gasteiger partial charge in [-0.2, -0.15) is 4.98 Å². The lowest BCUT2D eigenvalue weighted by molar-refractivity contribution is -0.144. The Morgan fingerprint density at radius 2 is 1.73 bits per heavy atom. The number of fused-ring (bicyclic) bond motifs is 7. The molecule has 16 nitrogen and oxygen atoms in total. The highest BCUT2D eigenvalue weighted by atomic mass is 79.9. The van der Waals surface area contributed by atoms with Crippen molar-refractivity contribution < 1.29 is 14.7 Å². The van der Waals surface area contributed by atoms with Crippen molar-refractivity contribution in [2.75, 3.05) is 19.6 Å². The first-order valence-electron chi connectivity index (χ1n) is 26.4. The van der Waals surface area contributed by atoms with Crippen LogP contribution >= 0.6 is 27.3 Å². The summed E-state index contributed by atoms with van der Waals surface area (Å²) in [5.74, 6) is 1.05. The number of aryl methyl sites for hydroxylation is 1. The number of rotatable bonds is 12. The number of carbonyl (C=O) groups excluding carboxylic acids is 2. The molecule has 1 spiro atoms. The highest BCUT2D eigenvalue weighted by Gasteiger charge is 2.48. The molecule has 3 aliphatic heterocycles. The number of aromatic nitrogens is 9. The maximum absolute atomic E-state index is 14.6. The summed E-state index contributed by atoms with van der Waals surface area (Å²) in [5.41, 5.74) is 10.2. The average molecular weight is 1080 g/mol. The maximum atomic E-state index is 14.6. The Labute approximate surface area is 442 Å². The maximum Gasteiger partial charge on any atom is 0.281 e. The van der Waals surface area contributed by atoms with Crippen LogP contribution in [0.2, 0.25) is 0 Å². The first-order chi connectivity index (χ1) is 35.7. The summed E-state index contributed by atoms with van der Waals surface area (Å²) in [6.07, 6.45) is 12.7. The van der Waals surface area contributed by atoms with E-state index >= 15 is 0 Å². The number of piperidine rings is 1. The zero-order valence-corrected chi connectivity index (χ0v) is 44.9. The quantitative estimate of drug-likeness (QED) is 0.119. The largest absolute Gasteiger partial charge is 0.391 e. The van der Waals surface area contributed by atoms with Crippen LogP contribution in [0.5, 0.6) is 0 Å². The number of β-amino-alcohol motifs (C(OH)–C–C–N with tert-alkyl or cyclic N) is 1. The summed E-state index contributed by atoms with van der Waals surface area (Å²) < 4.78 is 6.51. The van der Waals surface area contributed by atoms with Gasteiger partial charge < -0.3 is 15.3 Å². The van der Waals surface area contributed by atoms with Crippen LogP contribution in [0, 0.1) is 12.3 Å². The lowest BCUT2D eigenvalue weighted by Gasteiger charge is -2.35. The Bertz CT molecular complexity index is 3320.